The molecule has 1 aromatic carbocycles. The van der Waals surface area contributed by atoms with Crippen molar-refractivity contribution in [3.8, 4) is 17.2 Å². The normalized spacial score (nSPS) is 16.8. The van der Waals surface area contributed by atoms with Crippen LogP contribution < -0.4 is 19.9 Å². The molecular weight excluding hydrogens is 346 g/mol. The molecule has 0 aromatic heterocycles. The van der Waals surface area contributed by atoms with E-state index < -0.39 is 6.04 Å². The molecule has 7 nitrogen and oxygen atoms in total. The molecule has 1 aliphatic heterocycles. The number of carbonyl (C=O) groups excluding carboxylic acids is 1. The molecule has 0 unspecified atom stereocenters. The Hall–Kier alpha value is -1.99. The van der Waals surface area contributed by atoms with E-state index in [1.807, 2.05) is 37.8 Å². The SMILES string of the molecule is COc1cc(CN2CCN(C(=O)[C@@H](N)C(C)(C)C)CC2)cc(OC)c1OC. The lowest BCUT2D eigenvalue weighted by atomic mass is 9.86. The van der Waals surface area contributed by atoms with Crippen LogP contribution in [0.1, 0.15) is 26.3 Å². The third-order valence-corrected chi connectivity index (χ3v) is 5.01. The lowest BCUT2D eigenvalue weighted by Crippen LogP contribution is -2.56. The standard InChI is InChI=1S/C20H33N3O4/c1-20(2,3)18(21)19(24)23-9-7-22(8-10-23)13-14-11-15(25-4)17(27-6)16(12-14)26-5/h11-12,18H,7-10,13,21H2,1-6H3/t18-/m1/s1. The maximum atomic E-state index is 12.6. The smallest absolute Gasteiger partial charge is 0.240 e. The molecule has 1 aliphatic rings. The van der Waals surface area contributed by atoms with Gasteiger partial charge < -0.3 is 24.8 Å². The van der Waals surface area contributed by atoms with Crippen LogP contribution in [0.5, 0.6) is 17.2 Å². The van der Waals surface area contributed by atoms with Gasteiger partial charge in [0, 0.05) is 32.7 Å². The van der Waals surface area contributed by atoms with E-state index in [9.17, 15) is 4.79 Å². The molecule has 0 bridgehead atoms. The van der Waals surface area contributed by atoms with Crippen molar-refractivity contribution in [2.45, 2.75) is 33.4 Å². The van der Waals surface area contributed by atoms with Gasteiger partial charge in [-0.1, -0.05) is 20.8 Å². The van der Waals surface area contributed by atoms with Crippen molar-refractivity contribution in [2.24, 2.45) is 11.1 Å². The van der Waals surface area contributed by atoms with Gasteiger partial charge in [0.05, 0.1) is 27.4 Å². The number of hydrogen-bond donors (Lipinski definition) is 1. The summed E-state index contributed by atoms with van der Waals surface area (Å²) in [7, 11) is 4.83. The van der Waals surface area contributed by atoms with E-state index in [0.717, 1.165) is 25.2 Å². The van der Waals surface area contributed by atoms with Crippen LogP contribution in [-0.2, 0) is 11.3 Å². The number of ether oxygens (including phenoxy) is 3. The van der Waals surface area contributed by atoms with Crippen LogP contribution in [0, 0.1) is 5.41 Å². The number of amides is 1. The summed E-state index contributed by atoms with van der Waals surface area (Å²) in [6, 6.07) is 3.46. The molecule has 1 aromatic rings. The van der Waals surface area contributed by atoms with Gasteiger partial charge in [0.25, 0.3) is 0 Å². The van der Waals surface area contributed by atoms with E-state index in [1.54, 1.807) is 21.3 Å². The van der Waals surface area contributed by atoms with Crippen molar-refractivity contribution >= 4 is 5.91 Å². The Balaban J connectivity index is 2.01. The Morgan fingerprint density at radius 3 is 1.96 bits per heavy atom. The highest BCUT2D eigenvalue weighted by molar-refractivity contribution is 5.82. The maximum absolute atomic E-state index is 12.6. The first-order valence-electron chi connectivity index (χ1n) is 9.26. The molecule has 0 spiro atoms. The summed E-state index contributed by atoms with van der Waals surface area (Å²) >= 11 is 0. The van der Waals surface area contributed by atoms with Gasteiger partial charge in [0.1, 0.15) is 0 Å². The fraction of sp³-hybridized carbons (Fsp3) is 0.650. The van der Waals surface area contributed by atoms with Gasteiger partial charge in [-0.2, -0.15) is 0 Å². The number of piperazine rings is 1. The van der Waals surface area contributed by atoms with E-state index in [1.165, 1.54) is 0 Å². The van der Waals surface area contributed by atoms with Gasteiger partial charge in [-0.15, -0.1) is 0 Å². The van der Waals surface area contributed by atoms with Crippen LogP contribution in [0.3, 0.4) is 0 Å². The Bertz CT molecular complexity index is 624. The van der Waals surface area contributed by atoms with Crippen molar-refractivity contribution in [3.63, 3.8) is 0 Å². The molecule has 1 saturated heterocycles. The zero-order valence-corrected chi connectivity index (χ0v) is 17.4. The predicted octanol–water partition coefficient (Wildman–Crippen LogP) is 1.73. The first kappa shape index (κ1) is 21.3. The van der Waals surface area contributed by atoms with Crippen molar-refractivity contribution in [1.29, 1.82) is 0 Å². The quantitative estimate of drug-likeness (QED) is 0.811. The molecule has 0 radical (unpaired) electrons. The van der Waals surface area contributed by atoms with Crippen molar-refractivity contribution in [2.75, 3.05) is 47.5 Å². The molecule has 1 heterocycles. The van der Waals surface area contributed by atoms with Crippen LogP contribution in [0.2, 0.25) is 0 Å². The van der Waals surface area contributed by atoms with Crippen LogP contribution in [0.25, 0.3) is 0 Å². The van der Waals surface area contributed by atoms with Crippen LogP contribution >= 0.6 is 0 Å². The summed E-state index contributed by atoms with van der Waals surface area (Å²) < 4.78 is 16.2. The second kappa shape index (κ2) is 8.80. The number of carbonyl (C=O) groups is 1. The number of nitrogens with zero attached hydrogens (tertiary/aromatic N) is 2. The number of hydrogen-bond acceptors (Lipinski definition) is 6. The van der Waals surface area contributed by atoms with Crippen molar-refractivity contribution in [1.82, 2.24) is 9.80 Å². The number of methoxy groups -OCH3 is 3. The van der Waals surface area contributed by atoms with Gasteiger partial charge in [-0.3, -0.25) is 9.69 Å². The van der Waals surface area contributed by atoms with Crippen LogP contribution in [0.4, 0.5) is 0 Å². The molecule has 0 aliphatic carbocycles. The van der Waals surface area contributed by atoms with Gasteiger partial charge in [-0.05, 0) is 23.1 Å². The Kier molecular flexibility index (Phi) is 6.95. The van der Waals surface area contributed by atoms with E-state index in [-0.39, 0.29) is 11.3 Å². The minimum Gasteiger partial charge on any atom is -0.493 e. The molecule has 7 heteroatoms. The summed E-state index contributed by atoms with van der Waals surface area (Å²) in [6.45, 7) is 9.73. The van der Waals surface area contributed by atoms with E-state index in [2.05, 4.69) is 4.90 Å². The van der Waals surface area contributed by atoms with Crippen molar-refractivity contribution < 1.29 is 19.0 Å². The third kappa shape index (κ3) is 5.05. The monoisotopic (exact) mass is 379 g/mol. The highest BCUT2D eigenvalue weighted by Gasteiger charge is 2.32. The number of rotatable bonds is 6. The minimum absolute atomic E-state index is 0.0370. The highest BCUT2D eigenvalue weighted by atomic mass is 16.5. The summed E-state index contributed by atoms with van der Waals surface area (Å²) in [5.41, 5.74) is 6.98. The zero-order valence-electron chi connectivity index (χ0n) is 17.4. The lowest BCUT2D eigenvalue weighted by Gasteiger charge is -2.38. The van der Waals surface area contributed by atoms with Gasteiger partial charge in [0.15, 0.2) is 11.5 Å². The van der Waals surface area contributed by atoms with Gasteiger partial charge in [-0.25, -0.2) is 0 Å². The molecule has 1 atom stereocenters. The second-order valence-corrected chi connectivity index (χ2v) is 7.98. The molecule has 0 saturated carbocycles. The molecule has 1 fully saturated rings. The van der Waals surface area contributed by atoms with E-state index >= 15 is 0 Å². The summed E-state index contributed by atoms with van der Waals surface area (Å²) in [6.07, 6.45) is 0. The molecule has 1 amide bonds. The van der Waals surface area contributed by atoms with E-state index in [4.69, 9.17) is 19.9 Å². The average Bonchev–Trinajstić information content (AvgIpc) is 2.65. The van der Waals surface area contributed by atoms with Gasteiger partial charge in [0.2, 0.25) is 11.7 Å². The van der Waals surface area contributed by atoms with Crippen molar-refractivity contribution in [3.05, 3.63) is 17.7 Å². The Labute approximate surface area is 162 Å². The number of benzene rings is 1. The number of nitrogens with two attached hydrogens (primary N) is 1. The van der Waals surface area contributed by atoms with Crippen LogP contribution in [-0.4, -0.2) is 69.3 Å². The molecule has 27 heavy (non-hydrogen) atoms. The maximum Gasteiger partial charge on any atom is 0.240 e. The Morgan fingerprint density at radius 1 is 1.04 bits per heavy atom. The first-order valence-corrected chi connectivity index (χ1v) is 9.26. The fourth-order valence-electron chi connectivity index (χ4n) is 3.18. The Morgan fingerprint density at radius 2 is 1.56 bits per heavy atom. The minimum atomic E-state index is -0.473. The van der Waals surface area contributed by atoms with E-state index in [0.29, 0.717) is 30.3 Å². The highest BCUT2D eigenvalue weighted by Crippen LogP contribution is 2.38. The molecular formula is C20H33N3O4. The second-order valence-electron chi connectivity index (χ2n) is 7.98. The predicted molar refractivity (Wildman–Crippen MR) is 105 cm³/mol. The summed E-state index contributed by atoms with van der Waals surface area (Å²) in [5, 5.41) is 0. The third-order valence-electron chi connectivity index (χ3n) is 5.01. The fourth-order valence-corrected chi connectivity index (χ4v) is 3.18. The lowest BCUT2D eigenvalue weighted by molar-refractivity contribution is -0.136. The van der Waals surface area contributed by atoms with Crippen LogP contribution in [0.15, 0.2) is 12.1 Å². The molecule has 152 valence electrons. The molecule has 2 rings (SSSR count). The topological polar surface area (TPSA) is 77.3 Å². The average molecular weight is 380 g/mol. The first-order chi connectivity index (χ1) is 12.7. The zero-order chi connectivity index (χ0) is 20.2. The largest absolute Gasteiger partial charge is 0.493 e. The van der Waals surface area contributed by atoms with Gasteiger partial charge >= 0.3 is 0 Å². The molecule has 2 N–H and O–H groups in total. The summed E-state index contributed by atoms with van der Waals surface area (Å²) in [5.74, 6) is 1.93. The summed E-state index contributed by atoms with van der Waals surface area (Å²) in [4.78, 5) is 16.8.